The van der Waals surface area contributed by atoms with E-state index in [4.69, 9.17) is 4.74 Å². The number of carbonyl (C=O) groups excluding carboxylic acids is 2. The Kier molecular flexibility index (Phi) is 5.44. The third-order valence-corrected chi connectivity index (χ3v) is 2.56. The molecule has 120 valence electrons. The van der Waals surface area contributed by atoms with Crippen LogP contribution in [0.4, 0.5) is 5.69 Å². The summed E-state index contributed by atoms with van der Waals surface area (Å²) in [6, 6.07) is 3.68. The molecule has 0 fully saturated rings. The summed E-state index contributed by atoms with van der Waals surface area (Å²) in [5.74, 6) is -0.783. The van der Waals surface area contributed by atoms with Gasteiger partial charge in [0.25, 0.3) is 11.6 Å². The van der Waals surface area contributed by atoms with E-state index < -0.39 is 16.4 Å². The Bertz CT molecular complexity index is 593. The van der Waals surface area contributed by atoms with Crippen molar-refractivity contribution in [2.45, 2.75) is 26.3 Å². The molecule has 0 unspecified atom stereocenters. The Balaban J connectivity index is 2.82. The molecule has 0 aliphatic rings. The van der Waals surface area contributed by atoms with Gasteiger partial charge < -0.3 is 15.4 Å². The molecule has 0 aromatic heterocycles. The van der Waals surface area contributed by atoms with E-state index in [9.17, 15) is 19.7 Å². The Labute approximate surface area is 128 Å². The minimum atomic E-state index is -0.621. The van der Waals surface area contributed by atoms with E-state index in [1.54, 1.807) is 0 Å². The van der Waals surface area contributed by atoms with Gasteiger partial charge in [-0.05, 0) is 26.8 Å². The number of rotatable bonds is 5. The highest BCUT2D eigenvalue weighted by atomic mass is 16.6. The second-order valence-electron chi connectivity index (χ2n) is 5.62. The number of nitro benzene ring substituents is 1. The first-order valence-electron chi connectivity index (χ1n) is 6.55. The number of nitrogens with one attached hydrogen (secondary N) is 2. The predicted molar refractivity (Wildman–Crippen MR) is 79.9 cm³/mol. The zero-order chi connectivity index (χ0) is 16.9. The van der Waals surface area contributed by atoms with E-state index in [1.807, 2.05) is 20.8 Å². The van der Waals surface area contributed by atoms with Gasteiger partial charge in [-0.15, -0.1) is 0 Å². The fourth-order valence-corrected chi connectivity index (χ4v) is 1.71. The lowest BCUT2D eigenvalue weighted by molar-refractivity contribution is -0.384. The lowest BCUT2D eigenvalue weighted by Crippen LogP contribution is -2.45. The van der Waals surface area contributed by atoms with Crippen LogP contribution in [0.5, 0.6) is 5.75 Å². The van der Waals surface area contributed by atoms with Gasteiger partial charge in [0.15, 0.2) is 0 Å². The molecule has 0 atom stereocenters. The number of methoxy groups -OCH3 is 1. The first-order chi connectivity index (χ1) is 10.1. The predicted octanol–water partition coefficient (Wildman–Crippen LogP) is 1.25. The van der Waals surface area contributed by atoms with Gasteiger partial charge in [-0.3, -0.25) is 19.7 Å². The topological polar surface area (TPSA) is 111 Å². The van der Waals surface area contributed by atoms with Crippen molar-refractivity contribution in [3.8, 4) is 5.75 Å². The van der Waals surface area contributed by atoms with Crippen molar-refractivity contribution >= 4 is 17.5 Å². The number of hydrogen-bond donors (Lipinski definition) is 2. The quantitative estimate of drug-likeness (QED) is 0.628. The van der Waals surface area contributed by atoms with Crippen LogP contribution < -0.4 is 15.4 Å². The molecule has 1 aromatic rings. The standard InChI is InChI=1S/C14H19N3O5/c1-14(2,3)16-12(18)8-15-13(19)10-7-9(17(20)21)5-6-11(10)22-4/h5-7H,8H2,1-4H3,(H,15,19)(H,16,18). The highest BCUT2D eigenvalue weighted by molar-refractivity contribution is 5.99. The number of ether oxygens (including phenoxy) is 1. The van der Waals surface area contributed by atoms with Crippen molar-refractivity contribution < 1.29 is 19.2 Å². The van der Waals surface area contributed by atoms with Crippen LogP contribution in [0.3, 0.4) is 0 Å². The van der Waals surface area contributed by atoms with E-state index in [-0.39, 0.29) is 29.5 Å². The van der Waals surface area contributed by atoms with Gasteiger partial charge in [0.2, 0.25) is 5.91 Å². The summed E-state index contributed by atoms with van der Waals surface area (Å²) in [5, 5.41) is 15.9. The number of nitrogens with zero attached hydrogens (tertiary/aromatic N) is 1. The van der Waals surface area contributed by atoms with Crippen molar-refractivity contribution in [2.75, 3.05) is 13.7 Å². The van der Waals surface area contributed by atoms with Crippen LogP contribution >= 0.6 is 0 Å². The molecular weight excluding hydrogens is 290 g/mol. The number of hydrogen-bond acceptors (Lipinski definition) is 5. The Morgan fingerprint density at radius 2 is 1.95 bits per heavy atom. The maximum Gasteiger partial charge on any atom is 0.270 e. The van der Waals surface area contributed by atoms with Crippen molar-refractivity contribution in [1.29, 1.82) is 0 Å². The number of nitro groups is 1. The smallest absolute Gasteiger partial charge is 0.270 e. The van der Waals surface area contributed by atoms with Gasteiger partial charge in [0.1, 0.15) is 5.75 Å². The van der Waals surface area contributed by atoms with Gasteiger partial charge in [0.05, 0.1) is 24.1 Å². The summed E-state index contributed by atoms with van der Waals surface area (Å²) in [6.45, 7) is 5.21. The molecule has 2 amide bonds. The molecule has 0 saturated heterocycles. The highest BCUT2D eigenvalue weighted by Crippen LogP contribution is 2.23. The average molecular weight is 309 g/mol. The Morgan fingerprint density at radius 3 is 2.45 bits per heavy atom. The lowest BCUT2D eigenvalue weighted by Gasteiger charge is -2.20. The van der Waals surface area contributed by atoms with Crippen molar-refractivity contribution in [2.24, 2.45) is 0 Å². The van der Waals surface area contributed by atoms with Crippen LogP contribution in [0.25, 0.3) is 0 Å². The van der Waals surface area contributed by atoms with E-state index >= 15 is 0 Å². The van der Waals surface area contributed by atoms with Crippen LogP contribution in [0.1, 0.15) is 31.1 Å². The molecule has 22 heavy (non-hydrogen) atoms. The third kappa shape index (κ3) is 5.04. The second-order valence-corrected chi connectivity index (χ2v) is 5.62. The van der Waals surface area contributed by atoms with E-state index in [1.165, 1.54) is 19.2 Å². The summed E-state index contributed by atoms with van der Waals surface area (Å²) in [5.41, 5.74) is -0.643. The molecule has 0 aliphatic carbocycles. The number of benzene rings is 1. The average Bonchev–Trinajstić information content (AvgIpc) is 2.42. The molecule has 8 nitrogen and oxygen atoms in total. The largest absolute Gasteiger partial charge is 0.496 e. The van der Waals surface area contributed by atoms with Crippen LogP contribution in [0.2, 0.25) is 0 Å². The Hall–Kier alpha value is -2.64. The molecule has 8 heteroatoms. The molecule has 2 N–H and O–H groups in total. The van der Waals surface area contributed by atoms with Crippen LogP contribution in [-0.2, 0) is 4.79 Å². The Morgan fingerprint density at radius 1 is 1.32 bits per heavy atom. The van der Waals surface area contributed by atoms with Crippen LogP contribution in [0.15, 0.2) is 18.2 Å². The van der Waals surface area contributed by atoms with Gasteiger partial charge in [-0.2, -0.15) is 0 Å². The van der Waals surface area contributed by atoms with Gasteiger partial charge in [0, 0.05) is 17.7 Å². The number of non-ortho nitro benzene ring substituents is 1. The van der Waals surface area contributed by atoms with Crippen LogP contribution in [-0.4, -0.2) is 35.9 Å². The zero-order valence-corrected chi connectivity index (χ0v) is 12.9. The zero-order valence-electron chi connectivity index (χ0n) is 12.9. The van der Waals surface area contributed by atoms with Crippen molar-refractivity contribution in [3.05, 3.63) is 33.9 Å². The third-order valence-electron chi connectivity index (χ3n) is 2.56. The highest BCUT2D eigenvalue weighted by Gasteiger charge is 2.19. The molecule has 1 aromatic carbocycles. The number of carbonyl (C=O) groups is 2. The molecular formula is C14H19N3O5. The molecule has 0 aliphatic heterocycles. The van der Waals surface area contributed by atoms with E-state index in [0.29, 0.717) is 0 Å². The molecule has 0 saturated carbocycles. The molecule has 0 heterocycles. The van der Waals surface area contributed by atoms with Gasteiger partial charge in [-0.1, -0.05) is 0 Å². The lowest BCUT2D eigenvalue weighted by atomic mass is 10.1. The van der Waals surface area contributed by atoms with Gasteiger partial charge in [-0.25, -0.2) is 0 Å². The molecule has 1 rings (SSSR count). The molecule has 0 bridgehead atoms. The first-order valence-corrected chi connectivity index (χ1v) is 6.55. The van der Waals surface area contributed by atoms with E-state index in [2.05, 4.69) is 10.6 Å². The summed E-state index contributed by atoms with van der Waals surface area (Å²) in [4.78, 5) is 33.9. The summed E-state index contributed by atoms with van der Waals surface area (Å²) in [6.07, 6.45) is 0. The number of amides is 2. The first kappa shape index (κ1) is 17.4. The monoisotopic (exact) mass is 309 g/mol. The van der Waals surface area contributed by atoms with E-state index in [0.717, 1.165) is 6.07 Å². The summed E-state index contributed by atoms with van der Waals surface area (Å²) < 4.78 is 5.00. The fraction of sp³-hybridized carbons (Fsp3) is 0.429. The molecule has 0 spiro atoms. The SMILES string of the molecule is COc1ccc([N+](=O)[O-])cc1C(=O)NCC(=O)NC(C)(C)C. The maximum absolute atomic E-state index is 12.1. The molecule has 0 radical (unpaired) electrons. The van der Waals surface area contributed by atoms with Gasteiger partial charge >= 0.3 is 0 Å². The maximum atomic E-state index is 12.1. The van der Waals surface area contributed by atoms with Crippen molar-refractivity contribution in [3.63, 3.8) is 0 Å². The summed E-state index contributed by atoms with van der Waals surface area (Å²) >= 11 is 0. The normalized spacial score (nSPS) is 10.7. The van der Waals surface area contributed by atoms with Crippen LogP contribution in [0, 0.1) is 10.1 Å². The van der Waals surface area contributed by atoms with Crippen molar-refractivity contribution in [1.82, 2.24) is 10.6 Å². The minimum absolute atomic E-state index is 0.000240. The summed E-state index contributed by atoms with van der Waals surface area (Å²) in [7, 11) is 1.35. The minimum Gasteiger partial charge on any atom is -0.496 e. The second kappa shape index (κ2) is 6.88. The fourth-order valence-electron chi connectivity index (χ4n) is 1.71.